The second kappa shape index (κ2) is 7.72. The van der Waals surface area contributed by atoms with Crippen molar-refractivity contribution < 1.29 is 14.6 Å². The number of methoxy groups -OCH3 is 1. The number of aromatic carboxylic acids is 1. The SMILES string of the molecule is CCC(C)(C)c1cc(Nc2ncccc2C(=O)O)n(-c2ccccc2OC)n1. The molecule has 3 rings (SSSR count). The molecule has 0 unspecified atom stereocenters. The molecule has 2 N–H and O–H groups in total. The molecule has 0 saturated carbocycles. The molecule has 0 aliphatic heterocycles. The maximum absolute atomic E-state index is 11.6. The molecule has 0 amide bonds. The molecule has 146 valence electrons. The topological polar surface area (TPSA) is 89.3 Å². The first kappa shape index (κ1) is 19.4. The first-order valence-corrected chi connectivity index (χ1v) is 9.06. The van der Waals surface area contributed by atoms with Crippen LogP contribution in [0.4, 0.5) is 11.6 Å². The van der Waals surface area contributed by atoms with Gasteiger partial charge in [0.1, 0.15) is 28.6 Å². The minimum atomic E-state index is -1.05. The summed E-state index contributed by atoms with van der Waals surface area (Å²) in [5.41, 5.74) is 1.57. The normalized spacial score (nSPS) is 11.3. The van der Waals surface area contributed by atoms with E-state index in [2.05, 4.69) is 31.1 Å². The van der Waals surface area contributed by atoms with Gasteiger partial charge in [0.15, 0.2) is 0 Å². The molecular weight excluding hydrogens is 356 g/mol. The average Bonchev–Trinajstić information content (AvgIpc) is 3.12. The van der Waals surface area contributed by atoms with Gasteiger partial charge in [-0.25, -0.2) is 14.5 Å². The number of carbonyl (C=O) groups is 1. The van der Waals surface area contributed by atoms with Crippen molar-refractivity contribution in [3.05, 3.63) is 59.9 Å². The lowest BCUT2D eigenvalue weighted by Gasteiger charge is -2.19. The highest BCUT2D eigenvalue weighted by atomic mass is 16.5. The Balaban J connectivity index is 2.16. The van der Waals surface area contributed by atoms with Crippen molar-refractivity contribution >= 4 is 17.6 Å². The summed E-state index contributed by atoms with van der Waals surface area (Å²) in [6, 6.07) is 12.6. The molecule has 0 bridgehead atoms. The minimum absolute atomic E-state index is 0.0894. The fraction of sp³-hybridized carbons (Fsp3) is 0.286. The molecule has 0 aliphatic carbocycles. The Morgan fingerprint density at radius 2 is 2.00 bits per heavy atom. The van der Waals surface area contributed by atoms with E-state index in [1.165, 1.54) is 6.07 Å². The number of nitrogens with zero attached hydrogens (tertiary/aromatic N) is 3. The first-order chi connectivity index (χ1) is 13.4. The number of carboxylic acid groups (broad SMARTS) is 1. The Morgan fingerprint density at radius 1 is 1.25 bits per heavy atom. The molecule has 0 saturated heterocycles. The van der Waals surface area contributed by atoms with Gasteiger partial charge in [0.2, 0.25) is 0 Å². The van der Waals surface area contributed by atoms with Crippen LogP contribution in [-0.2, 0) is 5.41 Å². The van der Waals surface area contributed by atoms with E-state index in [1.807, 2.05) is 30.3 Å². The van der Waals surface area contributed by atoms with Gasteiger partial charge in [-0.1, -0.05) is 32.9 Å². The van der Waals surface area contributed by atoms with Crippen LogP contribution < -0.4 is 10.1 Å². The summed E-state index contributed by atoms with van der Waals surface area (Å²) in [7, 11) is 1.60. The summed E-state index contributed by atoms with van der Waals surface area (Å²) in [5, 5.41) is 17.4. The number of nitrogens with one attached hydrogen (secondary N) is 1. The Hall–Kier alpha value is -3.35. The number of aromatic nitrogens is 3. The maximum Gasteiger partial charge on any atom is 0.339 e. The van der Waals surface area contributed by atoms with Crippen LogP contribution in [0.5, 0.6) is 5.75 Å². The molecule has 0 aliphatic rings. The van der Waals surface area contributed by atoms with E-state index in [-0.39, 0.29) is 16.8 Å². The van der Waals surface area contributed by atoms with Crippen molar-refractivity contribution in [1.82, 2.24) is 14.8 Å². The van der Waals surface area contributed by atoms with Crippen molar-refractivity contribution in [3.63, 3.8) is 0 Å². The van der Waals surface area contributed by atoms with E-state index in [9.17, 15) is 9.90 Å². The van der Waals surface area contributed by atoms with Crippen LogP contribution in [-0.4, -0.2) is 33.0 Å². The van der Waals surface area contributed by atoms with Crippen molar-refractivity contribution in [3.8, 4) is 11.4 Å². The van der Waals surface area contributed by atoms with Crippen LogP contribution in [0.25, 0.3) is 5.69 Å². The lowest BCUT2D eigenvalue weighted by molar-refractivity contribution is 0.0697. The number of anilines is 2. The van der Waals surface area contributed by atoms with Gasteiger partial charge in [-0.3, -0.25) is 0 Å². The summed E-state index contributed by atoms with van der Waals surface area (Å²) < 4.78 is 7.22. The van der Waals surface area contributed by atoms with Crippen molar-refractivity contribution in [2.75, 3.05) is 12.4 Å². The maximum atomic E-state index is 11.6. The Labute approximate surface area is 164 Å². The molecule has 28 heavy (non-hydrogen) atoms. The van der Waals surface area contributed by atoms with Crippen LogP contribution in [0.1, 0.15) is 43.2 Å². The van der Waals surface area contributed by atoms with Gasteiger partial charge in [0.25, 0.3) is 0 Å². The second-order valence-corrected chi connectivity index (χ2v) is 7.07. The van der Waals surface area contributed by atoms with E-state index in [0.29, 0.717) is 11.6 Å². The van der Waals surface area contributed by atoms with Gasteiger partial charge in [0, 0.05) is 17.7 Å². The monoisotopic (exact) mass is 380 g/mol. The lowest BCUT2D eigenvalue weighted by atomic mass is 9.87. The smallest absolute Gasteiger partial charge is 0.339 e. The lowest BCUT2D eigenvalue weighted by Crippen LogP contribution is -2.16. The largest absolute Gasteiger partial charge is 0.494 e. The Kier molecular flexibility index (Phi) is 5.35. The summed E-state index contributed by atoms with van der Waals surface area (Å²) in [4.78, 5) is 15.8. The zero-order valence-electron chi connectivity index (χ0n) is 16.4. The quantitative estimate of drug-likeness (QED) is 0.631. The highest BCUT2D eigenvalue weighted by Gasteiger charge is 2.25. The standard InChI is InChI=1S/C21H24N4O3/c1-5-21(2,3)17-13-18(23-19-14(20(26)27)9-8-12-22-19)25(24-17)15-10-6-7-11-16(15)28-4/h6-13H,5H2,1-4H3,(H,22,23)(H,26,27). The van der Waals surface area contributed by atoms with Crippen LogP contribution in [0.3, 0.4) is 0 Å². The van der Waals surface area contributed by atoms with Crippen LogP contribution >= 0.6 is 0 Å². The molecule has 2 aromatic heterocycles. The number of benzene rings is 1. The second-order valence-electron chi connectivity index (χ2n) is 7.07. The molecular formula is C21H24N4O3. The molecule has 1 aromatic carbocycles. The third kappa shape index (κ3) is 3.69. The molecule has 3 aromatic rings. The van der Waals surface area contributed by atoms with E-state index in [0.717, 1.165) is 17.8 Å². The highest BCUT2D eigenvalue weighted by molar-refractivity contribution is 5.93. The minimum Gasteiger partial charge on any atom is -0.494 e. The number of ether oxygens (including phenoxy) is 1. The third-order valence-electron chi connectivity index (χ3n) is 4.88. The molecule has 0 spiro atoms. The molecule has 0 atom stereocenters. The van der Waals surface area contributed by atoms with E-state index >= 15 is 0 Å². The van der Waals surface area contributed by atoms with E-state index < -0.39 is 5.97 Å². The summed E-state index contributed by atoms with van der Waals surface area (Å²) in [6.07, 6.45) is 2.45. The zero-order chi connectivity index (χ0) is 20.3. The molecule has 7 nitrogen and oxygen atoms in total. The van der Waals surface area contributed by atoms with Crippen molar-refractivity contribution in [1.29, 1.82) is 0 Å². The van der Waals surface area contributed by atoms with Gasteiger partial charge in [-0.15, -0.1) is 0 Å². The molecule has 0 radical (unpaired) electrons. The summed E-state index contributed by atoms with van der Waals surface area (Å²) in [5.74, 6) is 0.483. The third-order valence-corrected chi connectivity index (χ3v) is 4.88. The van der Waals surface area contributed by atoms with Gasteiger partial charge in [0.05, 0.1) is 12.8 Å². The summed E-state index contributed by atoms with van der Waals surface area (Å²) >= 11 is 0. The van der Waals surface area contributed by atoms with Crippen LogP contribution in [0, 0.1) is 0 Å². The van der Waals surface area contributed by atoms with Gasteiger partial charge < -0.3 is 15.2 Å². The van der Waals surface area contributed by atoms with Gasteiger partial charge in [-0.2, -0.15) is 5.10 Å². The average molecular weight is 380 g/mol. The van der Waals surface area contributed by atoms with Gasteiger partial charge in [-0.05, 0) is 30.7 Å². The highest BCUT2D eigenvalue weighted by Crippen LogP contribution is 2.33. The number of rotatable bonds is 7. The molecule has 7 heteroatoms. The number of pyridine rings is 1. The molecule has 2 heterocycles. The Morgan fingerprint density at radius 3 is 2.68 bits per heavy atom. The fourth-order valence-electron chi connectivity index (χ4n) is 2.77. The number of carboxylic acids is 1. The fourth-order valence-corrected chi connectivity index (χ4v) is 2.77. The van der Waals surface area contributed by atoms with Crippen molar-refractivity contribution in [2.24, 2.45) is 0 Å². The zero-order valence-corrected chi connectivity index (χ0v) is 16.4. The predicted octanol–water partition coefficient (Wildman–Crippen LogP) is 4.41. The van der Waals surface area contributed by atoms with E-state index in [4.69, 9.17) is 9.84 Å². The van der Waals surface area contributed by atoms with Gasteiger partial charge >= 0.3 is 5.97 Å². The first-order valence-electron chi connectivity index (χ1n) is 9.06. The predicted molar refractivity (Wildman–Crippen MR) is 108 cm³/mol. The Bertz CT molecular complexity index is 995. The number of para-hydroxylation sites is 2. The number of hydrogen-bond donors (Lipinski definition) is 2. The van der Waals surface area contributed by atoms with E-state index in [1.54, 1.807) is 24.1 Å². The summed E-state index contributed by atoms with van der Waals surface area (Å²) in [6.45, 7) is 6.35. The number of hydrogen-bond acceptors (Lipinski definition) is 5. The molecule has 0 fully saturated rings. The van der Waals surface area contributed by atoms with Crippen LogP contribution in [0.15, 0.2) is 48.7 Å². The van der Waals surface area contributed by atoms with Crippen LogP contribution in [0.2, 0.25) is 0 Å². The van der Waals surface area contributed by atoms with Crippen molar-refractivity contribution in [2.45, 2.75) is 32.6 Å².